The van der Waals surface area contributed by atoms with Crippen molar-refractivity contribution < 1.29 is 9.59 Å². The highest BCUT2D eigenvalue weighted by Gasteiger charge is 2.25. The number of aromatic nitrogens is 2. The fourth-order valence-corrected chi connectivity index (χ4v) is 3.80. The zero-order valence-electron chi connectivity index (χ0n) is 14.4. The number of nitrogens with one attached hydrogen (secondary N) is 1. The minimum Gasteiger partial charge on any atom is -0.331 e. The summed E-state index contributed by atoms with van der Waals surface area (Å²) in [6.07, 6.45) is 7.02. The highest BCUT2D eigenvalue weighted by molar-refractivity contribution is 6.50. The van der Waals surface area contributed by atoms with Crippen LogP contribution in [0.1, 0.15) is 29.6 Å². The molecule has 1 saturated carbocycles. The first-order valence-corrected chi connectivity index (χ1v) is 9.53. The first-order valence-electron chi connectivity index (χ1n) is 8.78. The Bertz CT molecular complexity index is 1020. The average Bonchev–Trinajstić information content (AvgIpc) is 2.99. The van der Waals surface area contributed by atoms with Crippen molar-refractivity contribution in [2.45, 2.75) is 25.8 Å². The van der Waals surface area contributed by atoms with Crippen molar-refractivity contribution in [2.24, 2.45) is 5.92 Å². The van der Waals surface area contributed by atoms with E-state index in [2.05, 4.69) is 10.3 Å². The Labute approximate surface area is 166 Å². The molecule has 0 unspecified atom stereocenters. The number of ketones is 1. The van der Waals surface area contributed by atoms with Crippen LogP contribution in [-0.4, -0.2) is 21.2 Å². The Balaban J connectivity index is 1.65. The number of Topliss-reactive ketones (excluding diaryl/α,β-unsaturated/α-hetero) is 1. The van der Waals surface area contributed by atoms with Crippen molar-refractivity contribution in [1.82, 2.24) is 9.55 Å². The van der Waals surface area contributed by atoms with Crippen molar-refractivity contribution in [3.8, 4) is 0 Å². The maximum Gasteiger partial charge on any atom is 0.296 e. The molecule has 4 rings (SSSR count). The van der Waals surface area contributed by atoms with E-state index in [4.69, 9.17) is 23.2 Å². The highest BCUT2D eigenvalue weighted by Crippen LogP contribution is 2.31. The summed E-state index contributed by atoms with van der Waals surface area (Å²) in [4.78, 5) is 29.8. The first kappa shape index (κ1) is 18.0. The largest absolute Gasteiger partial charge is 0.331 e. The first-order chi connectivity index (χ1) is 13.0. The smallest absolute Gasteiger partial charge is 0.296 e. The van der Waals surface area contributed by atoms with Gasteiger partial charge in [0.05, 0.1) is 21.3 Å². The van der Waals surface area contributed by atoms with Gasteiger partial charge in [-0.05, 0) is 43.0 Å². The van der Waals surface area contributed by atoms with E-state index in [0.29, 0.717) is 16.9 Å². The number of benzene rings is 1. The number of pyridine rings is 1. The summed E-state index contributed by atoms with van der Waals surface area (Å²) in [5.41, 5.74) is 1.28. The monoisotopic (exact) mass is 401 g/mol. The Hall–Kier alpha value is -2.37. The summed E-state index contributed by atoms with van der Waals surface area (Å²) in [7, 11) is 0. The normalized spacial score (nSPS) is 14.1. The van der Waals surface area contributed by atoms with Gasteiger partial charge in [-0.15, -0.1) is 0 Å². The van der Waals surface area contributed by atoms with Gasteiger partial charge in [-0.2, -0.15) is 0 Å². The van der Waals surface area contributed by atoms with Crippen LogP contribution >= 0.6 is 23.2 Å². The van der Waals surface area contributed by atoms with Gasteiger partial charge < -0.3 is 9.88 Å². The van der Waals surface area contributed by atoms with Crippen LogP contribution in [0.15, 0.2) is 42.7 Å². The molecule has 7 heteroatoms. The van der Waals surface area contributed by atoms with Crippen LogP contribution in [-0.2, 0) is 11.3 Å². The molecule has 1 aliphatic carbocycles. The molecule has 1 amide bonds. The maximum absolute atomic E-state index is 12.8. The van der Waals surface area contributed by atoms with Gasteiger partial charge >= 0.3 is 0 Å². The van der Waals surface area contributed by atoms with E-state index in [1.54, 1.807) is 36.7 Å². The average molecular weight is 402 g/mol. The van der Waals surface area contributed by atoms with Crippen LogP contribution in [0.5, 0.6) is 0 Å². The van der Waals surface area contributed by atoms with Crippen LogP contribution in [0.4, 0.5) is 5.69 Å². The number of fused-ring (bicyclic) bond motifs is 1. The van der Waals surface area contributed by atoms with Crippen LogP contribution in [0, 0.1) is 5.92 Å². The summed E-state index contributed by atoms with van der Waals surface area (Å²) in [5, 5.41) is 3.75. The molecule has 1 aliphatic rings. The number of amides is 1. The lowest BCUT2D eigenvalue weighted by Gasteiger charge is -2.25. The molecule has 3 aromatic rings. The molecule has 1 aromatic carbocycles. The summed E-state index contributed by atoms with van der Waals surface area (Å²) < 4.78 is 1.97. The number of anilines is 1. The van der Waals surface area contributed by atoms with Gasteiger partial charge in [0.1, 0.15) is 5.65 Å². The standard InChI is InChI=1S/C20H17Cl2N3O2/c21-15-7-2-8-16(22)17(15)24-20(27)18(26)14-11-25(10-12-4-1-5-12)19-13(14)6-3-9-23-19/h2-3,6-9,11-12H,1,4-5,10H2,(H,24,27). The second kappa shape index (κ2) is 7.33. The van der Waals surface area contributed by atoms with Crippen molar-refractivity contribution in [3.63, 3.8) is 0 Å². The highest BCUT2D eigenvalue weighted by atomic mass is 35.5. The fraction of sp³-hybridized carbons (Fsp3) is 0.250. The fourth-order valence-electron chi connectivity index (χ4n) is 3.31. The molecule has 0 saturated heterocycles. The molecule has 138 valence electrons. The molecule has 5 nitrogen and oxygen atoms in total. The molecule has 0 aliphatic heterocycles. The second-order valence-corrected chi connectivity index (χ2v) is 7.56. The summed E-state index contributed by atoms with van der Waals surface area (Å²) >= 11 is 12.2. The van der Waals surface area contributed by atoms with E-state index in [0.717, 1.165) is 12.2 Å². The predicted molar refractivity (Wildman–Crippen MR) is 106 cm³/mol. The number of hydrogen-bond acceptors (Lipinski definition) is 3. The van der Waals surface area contributed by atoms with Crippen LogP contribution < -0.4 is 5.32 Å². The number of carbonyl (C=O) groups excluding carboxylic acids is 2. The minimum atomic E-state index is -0.781. The lowest BCUT2D eigenvalue weighted by Crippen LogP contribution is -2.23. The maximum atomic E-state index is 12.8. The van der Waals surface area contributed by atoms with E-state index in [1.165, 1.54) is 19.3 Å². The Kier molecular flexibility index (Phi) is 4.89. The third-order valence-corrected chi connectivity index (χ3v) is 5.60. The van der Waals surface area contributed by atoms with Gasteiger partial charge in [0, 0.05) is 24.3 Å². The van der Waals surface area contributed by atoms with E-state index < -0.39 is 11.7 Å². The lowest BCUT2D eigenvalue weighted by molar-refractivity contribution is -0.112. The van der Waals surface area contributed by atoms with E-state index in [-0.39, 0.29) is 15.7 Å². The zero-order chi connectivity index (χ0) is 19.0. The molecular formula is C20H17Cl2N3O2. The summed E-state index contributed by atoms with van der Waals surface area (Å²) in [5.74, 6) is -0.825. The van der Waals surface area contributed by atoms with Crippen LogP contribution in [0.3, 0.4) is 0 Å². The van der Waals surface area contributed by atoms with E-state index in [1.807, 2.05) is 10.6 Å². The molecule has 1 N–H and O–H groups in total. The molecule has 1 fully saturated rings. The second-order valence-electron chi connectivity index (χ2n) is 6.75. The molecule has 2 heterocycles. The van der Waals surface area contributed by atoms with Crippen molar-refractivity contribution in [1.29, 1.82) is 0 Å². The van der Waals surface area contributed by atoms with Gasteiger partial charge in [-0.3, -0.25) is 9.59 Å². The quantitative estimate of drug-likeness (QED) is 0.485. The molecule has 0 radical (unpaired) electrons. The van der Waals surface area contributed by atoms with Gasteiger partial charge in [0.15, 0.2) is 0 Å². The summed E-state index contributed by atoms with van der Waals surface area (Å²) in [6.45, 7) is 0.804. The molecule has 0 bridgehead atoms. The van der Waals surface area contributed by atoms with Crippen molar-refractivity contribution in [2.75, 3.05) is 5.32 Å². The molecule has 27 heavy (non-hydrogen) atoms. The van der Waals surface area contributed by atoms with Crippen molar-refractivity contribution in [3.05, 3.63) is 58.3 Å². The molecule has 0 spiro atoms. The van der Waals surface area contributed by atoms with Crippen molar-refractivity contribution >= 4 is 51.6 Å². The Morgan fingerprint density at radius 2 is 1.89 bits per heavy atom. The van der Waals surface area contributed by atoms with E-state index in [9.17, 15) is 9.59 Å². The lowest BCUT2D eigenvalue weighted by atomic mass is 9.85. The molecular weight excluding hydrogens is 385 g/mol. The number of rotatable bonds is 5. The number of nitrogens with zero attached hydrogens (tertiary/aromatic N) is 2. The van der Waals surface area contributed by atoms with Crippen LogP contribution in [0.2, 0.25) is 10.0 Å². The molecule has 2 aromatic heterocycles. The van der Waals surface area contributed by atoms with Gasteiger partial charge in [-0.25, -0.2) is 4.98 Å². The SMILES string of the molecule is O=C(Nc1c(Cl)cccc1Cl)C(=O)c1cn(CC2CCC2)c2ncccc12. The predicted octanol–water partition coefficient (Wildman–Crippen LogP) is 4.96. The Morgan fingerprint density at radius 1 is 1.15 bits per heavy atom. The van der Waals surface area contributed by atoms with Gasteiger partial charge in [-0.1, -0.05) is 35.7 Å². The van der Waals surface area contributed by atoms with Crippen LogP contribution in [0.25, 0.3) is 11.0 Å². The Morgan fingerprint density at radius 3 is 2.56 bits per heavy atom. The number of halogens is 2. The number of hydrogen-bond donors (Lipinski definition) is 1. The molecule has 0 atom stereocenters. The number of carbonyl (C=O) groups is 2. The topological polar surface area (TPSA) is 64.0 Å². The third kappa shape index (κ3) is 3.45. The minimum absolute atomic E-state index is 0.232. The number of para-hydroxylation sites is 1. The zero-order valence-corrected chi connectivity index (χ0v) is 15.9. The summed E-state index contributed by atoms with van der Waals surface area (Å²) in [6, 6.07) is 8.43. The van der Waals surface area contributed by atoms with Gasteiger partial charge in [0.25, 0.3) is 11.7 Å². The third-order valence-electron chi connectivity index (χ3n) is 4.97. The van der Waals surface area contributed by atoms with Gasteiger partial charge in [0.2, 0.25) is 0 Å². The van der Waals surface area contributed by atoms with E-state index >= 15 is 0 Å².